The fourth-order valence-corrected chi connectivity index (χ4v) is 2.60. The van der Waals surface area contributed by atoms with Crippen molar-refractivity contribution in [2.45, 2.75) is 6.23 Å². The number of benzene rings is 2. The van der Waals surface area contributed by atoms with Crippen LogP contribution in [0.25, 0.3) is 22.3 Å². The zero-order chi connectivity index (χ0) is 17.2. The fraction of sp³-hybridized carbons (Fsp3) is 0.0556. The molecule has 0 bridgehead atoms. The van der Waals surface area contributed by atoms with E-state index in [1.54, 1.807) is 30.6 Å². The van der Waals surface area contributed by atoms with Gasteiger partial charge in [-0.2, -0.15) is 5.10 Å². The van der Waals surface area contributed by atoms with Gasteiger partial charge in [0.1, 0.15) is 12.0 Å². The van der Waals surface area contributed by atoms with E-state index in [4.69, 9.17) is 5.73 Å². The number of aromatic amines is 1. The Morgan fingerprint density at radius 1 is 1.12 bits per heavy atom. The fourth-order valence-electron chi connectivity index (χ4n) is 2.60. The van der Waals surface area contributed by atoms with Crippen LogP contribution in [-0.4, -0.2) is 25.3 Å². The average molecular weight is 332 g/mol. The highest BCUT2D eigenvalue weighted by molar-refractivity contribution is 5.82. The number of nitrogens with one attached hydrogen (secondary N) is 2. The molecule has 2 aromatic heterocycles. The molecule has 0 aliphatic carbocycles. The van der Waals surface area contributed by atoms with Gasteiger partial charge < -0.3 is 16.2 Å². The maximum absolute atomic E-state index is 9.53. The first kappa shape index (κ1) is 15.3. The predicted octanol–water partition coefficient (Wildman–Crippen LogP) is 2.71. The second-order valence-corrected chi connectivity index (χ2v) is 5.63. The zero-order valence-electron chi connectivity index (χ0n) is 13.2. The first-order valence-corrected chi connectivity index (χ1v) is 7.76. The Kier molecular flexibility index (Phi) is 3.85. The number of H-pyrrole nitrogens is 1. The van der Waals surface area contributed by atoms with Crippen molar-refractivity contribution >= 4 is 22.4 Å². The van der Waals surface area contributed by atoms with Crippen molar-refractivity contribution in [3.05, 3.63) is 66.5 Å². The van der Waals surface area contributed by atoms with Gasteiger partial charge in [0.15, 0.2) is 5.82 Å². The van der Waals surface area contributed by atoms with E-state index >= 15 is 0 Å². The topological polar surface area (TPSA) is 113 Å². The molecule has 0 amide bonds. The Morgan fingerprint density at radius 2 is 2.04 bits per heavy atom. The molecule has 0 aliphatic rings. The van der Waals surface area contributed by atoms with Crippen molar-refractivity contribution in [3.8, 4) is 11.4 Å². The zero-order valence-corrected chi connectivity index (χ0v) is 13.2. The summed E-state index contributed by atoms with van der Waals surface area (Å²) >= 11 is 0. The molecule has 1 unspecified atom stereocenters. The minimum absolute atomic E-state index is 0.553. The van der Waals surface area contributed by atoms with Crippen molar-refractivity contribution in [2.24, 2.45) is 5.73 Å². The van der Waals surface area contributed by atoms with E-state index in [1.165, 1.54) is 0 Å². The molecule has 0 saturated carbocycles. The summed E-state index contributed by atoms with van der Waals surface area (Å²) in [5, 5.41) is 20.8. The SMILES string of the molecule is NC(O)c1cccc(-c2nccc(Nc3ccc4[nH]ncc4c3)n2)c1. The van der Waals surface area contributed by atoms with Gasteiger partial charge in [-0.05, 0) is 35.9 Å². The van der Waals surface area contributed by atoms with Crippen molar-refractivity contribution in [2.75, 3.05) is 5.32 Å². The van der Waals surface area contributed by atoms with Gasteiger partial charge in [-0.15, -0.1) is 0 Å². The molecule has 5 N–H and O–H groups in total. The number of fused-ring (bicyclic) bond motifs is 1. The first-order valence-electron chi connectivity index (χ1n) is 7.76. The highest BCUT2D eigenvalue weighted by Gasteiger charge is 2.07. The quantitative estimate of drug-likeness (QED) is 0.427. The summed E-state index contributed by atoms with van der Waals surface area (Å²) in [7, 11) is 0. The molecule has 2 heterocycles. The molecule has 4 rings (SSSR count). The molecular weight excluding hydrogens is 316 g/mol. The van der Waals surface area contributed by atoms with Crippen molar-refractivity contribution < 1.29 is 5.11 Å². The number of nitrogens with two attached hydrogens (primary N) is 1. The molecule has 0 saturated heterocycles. The van der Waals surface area contributed by atoms with E-state index in [0.29, 0.717) is 17.2 Å². The monoisotopic (exact) mass is 332 g/mol. The number of hydrogen-bond acceptors (Lipinski definition) is 6. The largest absolute Gasteiger partial charge is 0.375 e. The number of nitrogens with zero attached hydrogens (tertiary/aromatic N) is 3. The molecule has 0 fully saturated rings. The standard InChI is InChI=1S/C18H16N6O/c19-17(25)11-2-1-3-12(8-11)18-20-7-6-16(23-18)22-14-4-5-15-13(9-14)10-21-24-15/h1-10,17,25H,19H2,(H,21,24)(H,20,22,23). The van der Waals surface area contributed by atoms with E-state index in [2.05, 4.69) is 25.5 Å². The molecule has 25 heavy (non-hydrogen) atoms. The van der Waals surface area contributed by atoms with Gasteiger partial charge in [0, 0.05) is 22.8 Å². The Bertz CT molecular complexity index is 1030. The number of hydrogen-bond donors (Lipinski definition) is 4. The maximum atomic E-state index is 9.53. The van der Waals surface area contributed by atoms with Crippen LogP contribution in [0.1, 0.15) is 11.8 Å². The second-order valence-electron chi connectivity index (χ2n) is 5.63. The molecule has 7 nitrogen and oxygen atoms in total. The molecule has 0 aliphatic heterocycles. The second kappa shape index (κ2) is 6.31. The van der Waals surface area contributed by atoms with E-state index < -0.39 is 6.23 Å². The highest BCUT2D eigenvalue weighted by atomic mass is 16.3. The van der Waals surface area contributed by atoms with Gasteiger partial charge in [0.2, 0.25) is 0 Å². The molecule has 0 radical (unpaired) electrons. The number of aliphatic hydroxyl groups is 1. The van der Waals surface area contributed by atoms with Crippen LogP contribution >= 0.6 is 0 Å². The molecule has 0 spiro atoms. The van der Waals surface area contributed by atoms with Crippen molar-refractivity contribution in [1.82, 2.24) is 20.2 Å². The van der Waals surface area contributed by atoms with Gasteiger partial charge in [-0.1, -0.05) is 18.2 Å². The Labute approximate surface area is 143 Å². The van der Waals surface area contributed by atoms with Crippen LogP contribution in [0.3, 0.4) is 0 Å². The molecular formula is C18H16N6O. The van der Waals surface area contributed by atoms with Gasteiger partial charge in [0.05, 0.1) is 11.7 Å². The Balaban J connectivity index is 1.63. The number of anilines is 2. The van der Waals surface area contributed by atoms with Gasteiger partial charge in [-0.3, -0.25) is 5.10 Å². The van der Waals surface area contributed by atoms with Crippen molar-refractivity contribution in [3.63, 3.8) is 0 Å². The van der Waals surface area contributed by atoms with Gasteiger partial charge in [-0.25, -0.2) is 9.97 Å². The van der Waals surface area contributed by atoms with E-state index in [9.17, 15) is 5.11 Å². The minimum Gasteiger partial charge on any atom is -0.375 e. The van der Waals surface area contributed by atoms with Crippen LogP contribution in [0.2, 0.25) is 0 Å². The summed E-state index contributed by atoms with van der Waals surface area (Å²) in [6.45, 7) is 0. The molecule has 124 valence electrons. The minimum atomic E-state index is -1.03. The van der Waals surface area contributed by atoms with Crippen LogP contribution in [-0.2, 0) is 0 Å². The summed E-state index contributed by atoms with van der Waals surface area (Å²) in [5.74, 6) is 1.23. The highest BCUT2D eigenvalue weighted by Crippen LogP contribution is 2.23. The summed E-state index contributed by atoms with van der Waals surface area (Å²) in [4.78, 5) is 8.84. The smallest absolute Gasteiger partial charge is 0.161 e. The lowest BCUT2D eigenvalue weighted by molar-refractivity contribution is 0.186. The summed E-state index contributed by atoms with van der Waals surface area (Å²) in [6, 6.07) is 14.9. The summed E-state index contributed by atoms with van der Waals surface area (Å²) in [6.07, 6.45) is 2.44. The van der Waals surface area contributed by atoms with E-state index in [0.717, 1.165) is 22.2 Å². The van der Waals surface area contributed by atoms with Gasteiger partial charge >= 0.3 is 0 Å². The number of rotatable bonds is 4. The summed E-state index contributed by atoms with van der Waals surface area (Å²) in [5.41, 5.74) is 8.81. The lowest BCUT2D eigenvalue weighted by Gasteiger charge is -2.09. The lowest BCUT2D eigenvalue weighted by atomic mass is 10.1. The third-order valence-electron chi connectivity index (χ3n) is 3.85. The Hall–Kier alpha value is -3.29. The Morgan fingerprint density at radius 3 is 2.92 bits per heavy atom. The van der Waals surface area contributed by atoms with Crippen LogP contribution in [0, 0.1) is 0 Å². The number of aliphatic hydroxyl groups excluding tert-OH is 1. The predicted molar refractivity (Wildman–Crippen MR) is 96.0 cm³/mol. The molecule has 2 aromatic carbocycles. The van der Waals surface area contributed by atoms with E-state index in [-0.39, 0.29) is 0 Å². The van der Waals surface area contributed by atoms with Crippen LogP contribution in [0.5, 0.6) is 0 Å². The van der Waals surface area contributed by atoms with Crippen LogP contribution in [0.4, 0.5) is 11.5 Å². The average Bonchev–Trinajstić information content (AvgIpc) is 3.10. The molecule has 1 atom stereocenters. The maximum Gasteiger partial charge on any atom is 0.161 e. The third kappa shape index (κ3) is 3.18. The summed E-state index contributed by atoms with van der Waals surface area (Å²) < 4.78 is 0. The number of aromatic nitrogens is 4. The third-order valence-corrected chi connectivity index (χ3v) is 3.85. The molecule has 7 heteroatoms. The van der Waals surface area contributed by atoms with Crippen LogP contribution < -0.4 is 11.1 Å². The van der Waals surface area contributed by atoms with E-state index in [1.807, 2.05) is 30.3 Å². The normalized spacial score (nSPS) is 12.2. The first-order chi connectivity index (χ1) is 12.2. The van der Waals surface area contributed by atoms with Gasteiger partial charge in [0.25, 0.3) is 0 Å². The lowest BCUT2D eigenvalue weighted by Crippen LogP contribution is -2.08. The van der Waals surface area contributed by atoms with Crippen molar-refractivity contribution in [1.29, 1.82) is 0 Å². The van der Waals surface area contributed by atoms with Crippen LogP contribution in [0.15, 0.2) is 60.9 Å². The molecule has 4 aromatic rings.